The van der Waals surface area contributed by atoms with Gasteiger partial charge in [-0.2, -0.15) is 13.2 Å². The molecule has 96 valence electrons. The van der Waals surface area contributed by atoms with E-state index in [1.54, 1.807) is 0 Å². The van der Waals surface area contributed by atoms with Crippen molar-refractivity contribution >= 4 is 12.0 Å². The van der Waals surface area contributed by atoms with Crippen molar-refractivity contribution in [2.24, 2.45) is 0 Å². The highest BCUT2D eigenvalue weighted by Gasteiger charge is 2.33. The first-order valence-electron chi connectivity index (χ1n) is 5.56. The Morgan fingerprint density at radius 3 is 2.56 bits per heavy atom. The van der Waals surface area contributed by atoms with Gasteiger partial charge in [-0.3, -0.25) is 4.79 Å². The topological polar surface area (TPSA) is 29.1 Å². The monoisotopic (exact) mass is 255 g/mol. The molecule has 1 aliphatic rings. The van der Waals surface area contributed by atoms with Gasteiger partial charge in [0.15, 0.2) is 0 Å². The highest BCUT2D eigenvalue weighted by molar-refractivity contribution is 5.95. The van der Waals surface area contributed by atoms with Gasteiger partial charge in [0.1, 0.15) is 0 Å². The van der Waals surface area contributed by atoms with Crippen LogP contribution >= 0.6 is 0 Å². The Balaban J connectivity index is 2.28. The largest absolute Gasteiger partial charge is 0.416 e. The predicted octanol–water partition coefficient (Wildman–Crippen LogP) is 3.24. The lowest BCUT2D eigenvalue weighted by Gasteiger charge is -2.12. The van der Waals surface area contributed by atoms with Crippen LogP contribution in [0.3, 0.4) is 0 Å². The molecule has 1 amide bonds. The molecule has 0 heterocycles. The van der Waals surface area contributed by atoms with Gasteiger partial charge in [-0.05, 0) is 36.6 Å². The number of carbonyl (C=O) groups excluding carboxylic acids is 1. The molecule has 0 atom stereocenters. The van der Waals surface area contributed by atoms with E-state index in [9.17, 15) is 18.0 Å². The summed E-state index contributed by atoms with van der Waals surface area (Å²) in [7, 11) is 0. The maximum absolute atomic E-state index is 12.6. The molecule has 0 radical (unpaired) electrons. The van der Waals surface area contributed by atoms with Crippen LogP contribution in [0.15, 0.2) is 24.8 Å². The van der Waals surface area contributed by atoms with E-state index in [0.717, 1.165) is 25.0 Å². The molecule has 0 unspecified atom stereocenters. The van der Waals surface area contributed by atoms with Crippen LogP contribution in [0.5, 0.6) is 0 Å². The lowest BCUT2D eigenvalue weighted by atomic mass is 10.0. The third kappa shape index (κ3) is 2.72. The van der Waals surface area contributed by atoms with Crippen molar-refractivity contribution < 1.29 is 18.0 Å². The molecule has 1 fully saturated rings. The van der Waals surface area contributed by atoms with E-state index < -0.39 is 11.7 Å². The zero-order chi connectivity index (χ0) is 13.3. The fourth-order valence-corrected chi connectivity index (χ4v) is 1.63. The highest BCUT2D eigenvalue weighted by atomic mass is 19.4. The van der Waals surface area contributed by atoms with Crippen LogP contribution in [0.2, 0.25) is 0 Å². The summed E-state index contributed by atoms with van der Waals surface area (Å²) in [6.45, 7) is 3.35. The summed E-state index contributed by atoms with van der Waals surface area (Å²) in [5.41, 5.74) is -0.629. The van der Waals surface area contributed by atoms with E-state index in [0.29, 0.717) is 0 Å². The fraction of sp³-hybridized carbons (Fsp3) is 0.308. The molecule has 0 spiro atoms. The Morgan fingerprint density at radius 2 is 2.06 bits per heavy atom. The van der Waals surface area contributed by atoms with Gasteiger partial charge in [0.2, 0.25) is 0 Å². The molecule has 5 heteroatoms. The summed E-state index contributed by atoms with van der Waals surface area (Å²) in [4.78, 5) is 11.7. The van der Waals surface area contributed by atoms with E-state index in [1.165, 1.54) is 12.1 Å². The van der Waals surface area contributed by atoms with E-state index >= 15 is 0 Å². The third-order valence-corrected chi connectivity index (χ3v) is 2.75. The number of benzene rings is 1. The second-order valence-corrected chi connectivity index (χ2v) is 4.25. The molecule has 1 aromatic rings. The van der Waals surface area contributed by atoms with Gasteiger partial charge in [-0.1, -0.05) is 12.7 Å². The van der Waals surface area contributed by atoms with Crippen molar-refractivity contribution in [1.82, 2.24) is 5.32 Å². The number of hydrogen-bond acceptors (Lipinski definition) is 1. The summed E-state index contributed by atoms with van der Waals surface area (Å²) in [6.07, 6.45) is -1.47. The molecule has 18 heavy (non-hydrogen) atoms. The van der Waals surface area contributed by atoms with Crippen molar-refractivity contribution in [2.45, 2.75) is 25.1 Å². The standard InChI is InChI=1S/C13H12F3NO/c1-2-8-7-9(12(18)17-10-4-5-10)3-6-11(8)13(14,15)16/h2-3,6-7,10H,1,4-5H2,(H,17,18). The smallest absolute Gasteiger partial charge is 0.349 e. The number of amides is 1. The Bertz CT molecular complexity index is 489. The van der Waals surface area contributed by atoms with Crippen LogP contribution in [-0.4, -0.2) is 11.9 Å². The van der Waals surface area contributed by atoms with Crippen molar-refractivity contribution in [3.63, 3.8) is 0 Å². The molecule has 0 aliphatic heterocycles. The van der Waals surface area contributed by atoms with Crippen molar-refractivity contribution in [1.29, 1.82) is 0 Å². The number of hydrogen-bond donors (Lipinski definition) is 1. The molecule has 0 aromatic heterocycles. The van der Waals surface area contributed by atoms with Crippen LogP contribution in [0.1, 0.15) is 34.3 Å². The molecular weight excluding hydrogens is 243 g/mol. The first kappa shape index (κ1) is 12.7. The number of nitrogens with one attached hydrogen (secondary N) is 1. The van der Waals surface area contributed by atoms with E-state index in [-0.39, 0.29) is 23.1 Å². The summed E-state index contributed by atoms with van der Waals surface area (Å²) < 4.78 is 37.9. The lowest BCUT2D eigenvalue weighted by Crippen LogP contribution is -2.25. The summed E-state index contributed by atoms with van der Waals surface area (Å²) in [5.74, 6) is -0.339. The van der Waals surface area contributed by atoms with E-state index in [1.807, 2.05) is 0 Å². The van der Waals surface area contributed by atoms with Gasteiger partial charge in [0.25, 0.3) is 5.91 Å². The molecule has 0 bridgehead atoms. The van der Waals surface area contributed by atoms with Crippen molar-refractivity contribution in [2.75, 3.05) is 0 Å². The van der Waals surface area contributed by atoms with Gasteiger partial charge >= 0.3 is 6.18 Å². The van der Waals surface area contributed by atoms with Crippen molar-refractivity contribution in [3.05, 3.63) is 41.5 Å². The minimum Gasteiger partial charge on any atom is -0.349 e. The number of halogens is 3. The molecule has 2 rings (SSSR count). The zero-order valence-corrected chi connectivity index (χ0v) is 9.55. The highest BCUT2D eigenvalue weighted by Crippen LogP contribution is 2.33. The Morgan fingerprint density at radius 1 is 1.39 bits per heavy atom. The summed E-state index contributed by atoms with van der Waals surface area (Å²) >= 11 is 0. The molecule has 2 nitrogen and oxygen atoms in total. The SMILES string of the molecule is C=Cc1cc(C(=O)NC2CC2)ccc1C(F)(F)F. The summed E-state index contributed by atoms with van der Waals surface area (Å²) in [5, 5.41) is 2.73. The second kappa shape index (κ2) is 4.48. The van der Waals surface area contributed by atoms with Gasteiger partial charge in [0.05, 0.1) is 5.56 Å². The first-order chi connectivity index (χ1) is 8.41. The minimum absolute atomic E-state index is 0.0778. The Kier molecular flexibility index (Phi) is 3.15. The van der Waals surface area contributed by atoms with Crippen LogP contribution in [-0.2, 0) is 6.18 Å². The zero-order valence-electron chi connectivity index (χ0n) is 9.55. The maximum atomic E-state index is 12.6. The van der Waals surface area contributed by atoms with Gasteiger partial charge in [-0.15, -0.1) is 0 Å². The van der Waals surface area contributed by atoms with Crippen LogP contribution in [0.4, 0.5) is 13.2 Å². The average Bonchev–Trinajstić information content (AvgIpc) is 3.10. The first-order valence-corrected chi connectivity index (χ1v) is 5.56. The minimum atomic E-state index is -4.44. The molecule has 1 aliphatic carbocycles. The van der Waals surface area contributed by atoms with Gasteiger partial charge in [0, 0.05) is 11.6 Å². The maximum Gasteiger partial charge on any atom is 0.416 e. The average molecular weight is 255 g/mol. The third-order valence-electron chi connectivity index (χ3n) is 2.75. The predicted molar refractivity (Wildman–Crippen MR) is 62.0 cm³/mol. The summed E-state index contributed by atoms with van der Waals surface area (Å²) in [6, 6.07) is 3.49. The quantitative estimate of drug-likeness (QED) is 0.882. The lowest BCUT2D eigenvalue weighted by molar-refractivity contribution is -0.137. The molecule has 1 aromatic carbocycles. The Hall–Kier alpha value is -1.78. The number of rotatable bonds is 3. The number of carbonyl (C=O) groups is 1. The molecule has 1 N–H and O–H groups in total. The normalized spacial score (nSPS) is 15.3. The second-order valence-electron chi connectivity index (χ2n) is 4.25. The van der Waals surface area contributed by atoms with E-state index in [4.69, 9.17) is 0 Å². The number of alkyl halides is 3. The molecule has 1 saturated carbocycles. The molecule has 0 saturated heterocycles. The molecular formula is C13H12F3NO. The van der Waals surface area contributed by atoms with Crippen LogP contribution in [0.25, 0.3) is 6.08 Å². The van der Waals surface area contributed by atoms with Gasteiger partial charge < -0.3 is 5.32 Å². The van der Waals surface area contributed by atoms with Crippen molar-refractivity contribution in [3.8, 4) is 0 Å². The fourth-order valence-electron chi connectivity index (χ4n) is 1.63. The van der Waals surface area contributed by atoms with Crippen LogP contribution in [0, 0.1) is 0 Å². The Labute approximate surface area is 102 Å². The van der Waals surface area contributed by atoms with Gasteiger partial charge in [-0.25, -0.2) is 0 Å². The van der Waals surface area contributed by atoms with E-state index in [2.05, 4.69) is 11.9 Å². The van der Waals surface area contributed by atoms with Crippen LogP contribution < -0.4 is 5.32 Å².